The molecular weight excluding hydrogens is 448 g/mol. The molecule has 1 aliphatic heterocycles. The fourth-order valence-corrected chi connectivity index (χ4v) is 4.33. The molecule has 1 N–H and O–H groups in total. The zero-order valence-corrected chi connectivity index (χ0v) is 19.1. The van der Waals surface area contributed by atoms with Gasteiger partial charge < -0.3 is 4.74 Å². The SMILES string of the molecule is O=C(N/N=C/c1ccc(OC2CSC2)cc1)c1ccc(CSc2ccc(Cl)cc2)cc1. The second kappa shape index (κ2) is 10.8. The quantitative estimate of drug-likeness (QED) is 0.254. The number of halogens is 1. The van der Waals surface area contributed by atoms with Crippen LogP contribution < -0.4 is 10.2 Å². The van der Waals surface area contributed by atoms with Gasteiger partial charge >= 0.3 is 0 Å². The molecule has 0 unspecified atom stereocenters. The minimum Gasteiger partial charge on any atom is -0.489 e. The van der Waals surface area contributed by atoms with Crippen molar-refractivity contribution in [2.75, 3.05) is 11.5 Å². The number of nitrogens with zero attached hydrogens (tertiary/aromatic N) is 1. The summed E-state index contributed by atoms with van der Waals surface area (Å²) in [7, 11) is 0. The van der Waals surface area contributed by atoms with Crippen molar-refractivity contribution in [2.24, 2.45) is 5.10 Å². The summed E-state index contributed by atoms with van der Waals surface area (Å²) in [5.74, 6) is 3.55. The van der Waals surface area contributed by atoms with Gasteiger partial charge in [-0.05, 0) is 71.8 Å². The van der Waals surface area contributed by atoms with E-state index in [-0.39, 0.29) is 5.91 Å². The lowest BCUT2D eigenvalue weighted by molar-refractivity contribution is 0.0955. The molecule has 0 aliphatic carbocycles. The first kappa shape index (κ1) is 21.8. The Morgan fingerprint density at radius 1 is 1.06 bits per heavy atom. The molecule has 7 heteroatoms. The van der Waals surface area contributed by atoms with Gasteiger partial charge in [0.2, 0.25) is 0 Å². The molecular formula is C24H21ClN2O2S2. The average Bonchev–Trinajstić information content (AvgIpc) is 2.77. The Kier molecular flexibility index (Phi) is 7.57. The van der Waals surface area contributed by atoms with Gasteiger partial charge in [0.25, 0.3) is 5.91 Å². The van der Waals surface area contributed by atoms with Crippen molar-refractivity contribution in [3.05, 3.63) is 94.5 Å². The molecule has 3 aromatic rings. The lowest BCUT2D eigenvalue weighted by Crippen LogP contribution is -2.30. The third-order valence-electron chi connectivity index (χ3n) is 4.61. The lowest BCUT2D eigenvalue weighted by Gasteiger charge is -2.25. The average molecular weight is 469 g/mol. The predicted octanol–water partition coefficient (Wildman–Crippen LogP) is 5.89. The van der Waals surface area contributed by atoms with Crippen molar-refractivity contribution >= 4 is 47.2 Å². The van der Waals surface area contributed by atoms with Crippen molar-refractivity contribution in [3.63, 3.8) is 0 Å². The first-order valence-electron chi connectivity index (χ1n) is 9.81. The molecule has 1 aliphatic rings. The van der Waals surface area contributed by atoms with E-state index >= 15 is 0 Å². The molecule has 31 heavy (non-hydrogen) atoms. The van der Waals surface area contributed by atoms with Gasteiger partial charge in [-0.3, -0.25) is 4.79 Å². The van der Waals surface area contributed by atoms with Crippen LogP contribution in [0.4, 0.5) is 0 Å². The maximum absolute atomic E-state index is 12.3. The van der Waals surface area contributed by atoms with E-state index in [1.165, 1.54) is 0 Å². The Morgan fingerprint density at radius 2 is 1.77 bits per heavy atom. The summed E-state index contributed by atoms with van der Waals surface area (Å²) >= 11 is 9.53. The summed E-state index contributed by atoms with van der Waals surface area (Å²) < 4.78 is 5.82. The van der Waals surface area contributed by atoms with E-state index in [0.29, 0.717) is 11.7 Å². The zero-order valence-electron chi connectivity index (χ0n) is 16.7. The number of hydrogen-bond acceptors (Lipinski definition) is 5. The molecule has 1 heterocycles. The Hall–Kier alpha value is -2.41. The van der Waals surface area contributed by atoms with E-state index < -0.39 is 0 Å². The summed E-state index contributed by atoms with van der Waals surface area (Å²) in [5, 5.41) is 4.79. The van der Waals surface area contributed by atoms with Crippen LogP contribution in [0.2, 0.25) is 5.02 Å². The lowest BCUT2D eigenvalue weighted by atomic mass is 10.1. The number of carbonyl (C=O) groups excluding carboxylic acids is 1. The van der Waals surface area contributed by atoms with Gasteiger partial charge in [-0.15, -0.1) is 11.8 Å². The van der Waals surface area contributed by atoms with Crippen LogP contribution in [0.3, 0.4) is 0 Å². The normalized spacial score (nSPS) is 13.7. The molecule has 0 bridgehead atoms. The first-order valence-corrected chi connectivity index (χ1v) is 12.3. The van der Waals surface area contributed by atoms with Crippen molar-refractivity contribution in [3.8, 4) is 5.75 Å². The van der Waals surface area contributed by atoms with E-state index in [2.05, 4.69) is 10.5 Å². The monoisotopic (exact) mass is 468 g/mol. The largest absolute Gasteiger partial charge is 0.489 e. The summed E-state index contributed by atoms with van der Waals surface area (Å²) in [6.45, 7) is 0. The fraction of sp³-hybridized carbons (Fsp3) is 0.167. The molecule has 158 valence electrons. The second-order valence-corrected chi connectivity index (χ2v) is 9.55. The summed E-state index contributed by atoms with van der Waals surface area (Å²) in [6, 6.07) is 23.0. The topological polar surface area (TPSA) is 50.7 Å². The number of rotatable bonds is 8. The van der Waals surface area contributed by atoms with Crippen molar-refractivity contribution in [2.45, 2.75) is 16.8 Å². The molecule has 0 spiro atoms. The molecule has 1 fully saturated rings. The number of benzene rings is 3. The third-order valence-corrected chi connectivity index (χ3v) is 7.16. The Balaban J connectivity index is 1.24. The summed E-state index contributed by atoms with van der Waals surface area (Å²) in [6.07, 6.45) is 1.95. The minimum atomic E-state index is -0.240. The van der Waals surface area contributed by atoms with Crippen LogP contribution in [0.1, 0.15) is 21.5 Å². The maximum atomic E-state index is 12.3. The van der Waals surface area contributed by atoms with Gasteiger partial charge in [0, 0.05) is 32.7 Å². The molecule has 4 nitrogen and oxygen atoms in total. The van der Waals surface area contributed by atoms with Crippen LogP contribution in [-0.2, 0) is 5.75 Å². The molecule has 0 saturated carbocycles. The smallest absolute Gasteiger partial charge is 0.271 e. The van der Waals surface area contributed by atoms with Crippen LogP contribution in [0, 0.1) is 0 Å². The number of hydrazone groups is 1. The van der Waals surface area contributed by atoms with Gasteiger partial charge in [0.05, 0.1) is 6.21 Å². The number of ether oxygens (including phenoxy) is 1. The molecule has 0 aromatic heterocycles. The van der Waals surface area contributed by atoms with Gasteiger partial charge in [0.15, 0.2) is 0 Å². The highest BCUT2D eigenvalue weighted by molar-refractivity contribution is 8.00. The van der Waals surface area contributed by atoms with Gasteiger partial charge in [-0.1, -0.05) is 23.7 Å². The Bertz CT molecular complexity index is 1030. The minimum absolute atomic E-state index is 0.240. The molecule has 0 atom stereocenters. The molecule has 1 amide bonds. The van der Waals surface area contributed by atoms with Crippen LogP contribution in [0.25, 0.3) is 0 Å². The maximum Gasteiger partial charge on any atom is 0.271 e. The molecule has 3 aromatic carbocycles. The first-order chi connectivity index (χ1) is 15.2. The third kappa shape index (κ3) is 6.53. The molecule has 4 rings (SSSR count). The van der Waals surface area contributed by atoms with Crippen molar-refractivity contribution in [1.29, 1.82) is 0 Å². The van der Waals surface area contributed by atoms with Gasteiger partial charge in [-0.2, -0.15) is 16.9 Å². The fourth-order valence-electron chi connectivity index (χ4n) is 2.79. The van der Waals surface area contributed by atoms with Crippen LogP contribution in [-0.4, -0.2) is 29.7 Å². The van der Waals surface area contributed by atoms with Gasteiger partial charge in [-0.25, -0.2) is 5.43 Å². The number of nitrogens with one attached hydrogen (secondary N) is 1. The van der Waals surface area contributed by atoms with E-state index in [4.69, 9.17) is 16.3 Å². The molecule has 1 saturated heterocycles. The van der Waals surface area contributed by atoms with Crippen LogP contribution in [0.15, 0.2) is 82.8 Å². The van der Waals surface area contributed by atoms with Crippen molar-refractivity contribution < 1.29 is 9.53 Å². The highest BCUT2D eigenvalue weighted by Gasteiger charge is 2.19. The standard InChI is InChI=1S/C24H21ClN2O2S2/c25-20-7-11-23(12-8-20)31-14-18-1-5-19(6-2-18)24(28)27-26-13-17-3-9-21(10-4-17)29-22-15-30-16-22/h1-13,22H,14-16H2,(H,27,28)/b26-13+. The van der Waals surface area contributed by atoms with E-state index in [1.807, 2.05) is 84.6 Å². The number of amides is 1. The Labute approximate surface area is 195 Å². The zero-order chi connectivity index (χ0) is 21.5. The van der Waals surface area contributed by atoms with E-state index in [0.717, 1.165) is 44.1 Å². The summed E-state index contributed by atoms with van der Waals surface area (Å²) in [5.41, 5.74) is 5.18. The second-order valence-electron chi connectivity index (χ2n) is 6.98. The Morgan fingerprint density at radius 3 is 2.42 bits per heavy atom. The van der Waals surface area contributed by atoms with Crippen molar-refractivity contribution in [1.82, 2.24) is 5.43 Å². The predicted molar refractivity (Wildman–Crippen MR) is 131 cm³/mol. The van der Waals surface area contributed by atoms with Crippen LogP contribution in [0.5, 0.6) is 5.75 Å². The highest BCUT2D eigenvalue weighted by atomic mass is 35.5. The van der Waals surface area contributed by atoms with E-state index in [9.17, 15) is 4.79 Å². The van der Waals surface area contributed by atoms with E-state index in [1.54, 1.807) is 18.0 Å². The number of thioether (sulfide) groups is 2. The number of hydrogen-bond donors (Lipinski definition) is 1. The molecule has 0 radical (unpaired) electrons. The number of carbonyl (C=O) groups is 1. The summed E-state index contributed by atoms with van der Waals surface area (Å²) in [4.78, 5) is 13.5. The van der Waals surface area contributed by atoms with Crippen LogP contribution >= 0.6 is 35.1 Å². The van der Waals surface area contributed by atoms with Gasteiger partial charge in [0.1, 0.15) is 11.9 Å². The highest BCUT2D eigenvalue weighted by Crippen LogP contribution is 2.25.